The Labute approximate surface area is 225 Å². The van der Waals surface area contributed by atoms with Crippen molar-refractivity contribution in [2.24, 2.45) is 5.92 Å². The summed E-state index contributed by atoms with van der Waals surface area (Å²) in [7, 11) is 0. The first kappa shape index (κ1) is 29.0. The van der Waals surface area contributed by atoms with E-state index in [1.807, 2.05) is 45.9 Å². The van der Waals surface area contributed by atoms with Crippen molar-refractivity contribution in [3.05, 3.63) is 59.2 Å². The molecule has 1 aliphatic carbocycles. The van der Waals surface area contributed by atoms with Crippen molar-refractivity contribution in [1.82, 2.24) is 10.2 Å². The lowest BCUT2D eigenvalue weighted by Crippen LogP contribution is -2.58. The molecule has 206 valence electrons. The number of alkyl carbamates (subject to hydrolysis) is 1. The number of ether oxygens (including phenoxy) is 1. The molecule has 1 saturated carbocycles. The second-order valence-electron chi connectivity index (χ2n) is 11.4. The zero-order valence-corrected chi connectivity index (χ0v) is 23.5. The fourth-order valence-corrected chi connectivity index (χ4v) is 4.59. The summed E-state index contributed by atoms with van der Waals surface area (Å²) in [5.41, 5.74) is 2.38. The molecular weight excluding hydrogens is 482 g/mol. The van der Waals surface area contributed by atoms with E-state index < -0.39 is 23.8 Å². The Bertz CT molecular complexity index is 1130. The van der Waals surface area contributed by atoms with E-state index in [0.717, 1.165) is 30.4 Å². The van der Waals surface area contributed by atoms with Crippen LogP contribution >= 0.6 is 0 Å². The first-order valence-electron chi connectivity index (χ1n) is 13.3. The third-order valence-electron chi connectivity index (χ3n) is 6.79. The fourth-order valence-electron chi connectivity index (χ4n) is 4.59. The summed E-state index contributed by atoms with van der Waals surface area (Å²) in [6.07, 6.45) is 1.78. The number of rotatable bonds is 8. The number of hydrogen-bond acceptors (Lipinski definition) is 5. The largest absolute Gasteiger partial charge is 0.508 e. The molecule has 0 aromatic heterocycles. The molecule has 3 amide bonds. The molecule has 1 aliphatic rings. The average molecular weight is 524 g/mol. The fraction of sp³-hybridized carbons (Fsp3) is 0.500. The molecule has 2 atom stereocenters. The first-order chi connectivity index (χ1) is 17.8. The summed E-state index contributed by atoms with van der Waals surface area (Å²) in [5, 5.41) is 15.7. The quantitative estimate of drug-likeness (QED) is 0.416. The molecule has 2 aromatic carbocycles. The van der Waals surface area contributed by atoms with Gasteiger partial charge in [-0.05, 0) is 88.6 Å². The lowest BCUT2D eigenvalue weighted by Gasteiger charge is -2.44. The molecule has 3 rings (SSSR count). The van der Waals surface area contributed by atoms with E-state index in [1.165, 1.54) is 12.1 Å². The molecule has 38 heavy (non-hydrogen) atoms. The summed E-state index contributed by atoms with van der Waals surface area (Å²) in [6, 6.07) is 10.1. The van der Waals surface area contributed by atoms with E-state index in [2.05, 4.69) is 10.6 Å². The van der Waals surface area contributed by atoms with Crippen molar-refractivity contribution < 1.29 is 24.2 Å². The van der Waals surface area contributed by atoms with Gasteiger partial charge in [-0.3, -0.25) is 9.59 Å². The van der Waals surface area contributed by atoms with Crippen molar-refractivity contribution in [2.45, 2.75) is 91.5 Å². The number of aromatic hydroxyl groups is 1. The third kappa shape index (κ3) is 7.05. The van der Waals surface area contributed by atoms with Crippen LogP contribution in [0.4, 0.5) is 10.5 Å². The van der Waals surface area contributed by atoms with Crippen LogP contribution in [0, 0.1) is 19.8 Å². The Balaban J connectivity index is 2.04. The summed E-state index contributed by atoms with van der Waals surface area (Å²) in [4.78, 5) is 42.5. The molecular formula is C30H41N3O5. The molecule has 2 unspecified atom stereocenters. The third-order valence-corrected chi connectivity index (χ3v) is 6.79. The van der Waals surface area contributed by atoms with E-state index >= 15 is 0 Å². The molecule has 0 spiro atoms. The maximum Gasteiger partial charge on any atom is 0.408 e. The van der Waals surface area contributed by atoms with Crippen LogP contribution in [-0.4, -0.2) is 45.6 Å². The Morgan fingerprint density at radius 3 is 2.05 bits per heavy atom. The summed E-state index contributed by atoms with van der Waals surface area (Å²) in [6.45, 7) is 12.8. The number of carbonyl (C=O) groups excluding carboxylic acids is 3. The molecule has 2 aromatic rings. The van der Waals surface area contributed by atoms with Gasteiger partial charge in [0.05, 0.1) is 0 Å². The SMILES string of the molecule is Cc1cccc(C)c1NC(=O)C(c1ccc(O)cc1)N(C(=O)C(NC(=O)OC(C)(C)C)C(C)C)C1CCC1. The monoisotopic (exact) mass is 523 g/mol. The van der Waals surface area contributed by atoms with Crippen LogP contribution < -0.4 is 10.6 Å². The number of phenols is 1. The van der Waals surface area contributed by atoms with Crippen LogP contribution in [0.25, 0.3) is 0 Å². The molecule has 0 radical (unpaired) electrons. The second kappa shape index (κ2) is 11.9. The second-order valence-corrected chi connectivity index (χ2v) is 11.4. The van der Waals surface area contributed by atoms with Crippen LogP contribution in [0.1, 0.15) is 76.6 Å². The highest BCUT2D eigenvalue weighted by Gasteiger charge is 2.43. The predicted molar refractivity (Wildman–Crippen MR) is 148 cm³/mol. The number of hydrogen-bond donors (Lipinski definition) is 3. The van der Waals surface area contributed by atoms with Crippen LogP contribution in [0.5, 0.6) is 5.75 Å². The smallest absolute Gasteiger partial charge is 0.408 e. The van der Waals surface area contributed by atoms with Crippen LogP contribution in [0.2, 0.25) is 0 Å². The zero-order valence-electron chi connectivity index (χ0n) is 23.5. The normalized spacial score (nSPS) is 15.3. The number of carbonyl (C=O) groups is 3. The number of amides is 3. The summed E-state index contributed by atoms with van der Waals surface area (Å²) in [5.74, 6) is -0.881. The van der Waals surface area contributed by atoms with Gasteiger partial charge in [-0.25, -0.2) is 4.79 Å². The molecule has 0 bridgehead atoms. The van der Waals surface area contributed by atoms with Gasteiger partial charge in [0.15, 0.2) is 0 Å². The lowest BCUT2D eigenvalue weighted by atomic mass is 9.87. The van der Waals surface area contributed by atoms with Gasteiger partial charge in [0, 0.05) is 11.7 Å². The molecule has 8 heteroatoms. The van der Waals surface area contributed by atoms with Gasteiger partial charge < -0.3 is 25.4 Å². The minimum atomic E-state index is -0.964. The van der Waals surface area contributed by atoms with Gasteiger partial charge in [-0.1, -0.05) is 44.2 Å². The highest BCUT2D eigenvalue weighted by atomic mass is 16.6. The minimum Gasteiger partial charge on any atom is -0.508 e. The average Bonchev–Trinajstić information content (AvgIpc) is 2.77. The van der Waals surface area contributed by atoms with Crippen molar-refractivity contribution in [3.8, 4) is 5.75 Å². The lowest BCUT2D eigenvalue weighted by molar-refractivity contribution is -0.146. The standard InChI is InChI=1S/C30H41N3O5/c1-18(2)24(32-29(37)38-30(5,6)7)28(36)33(22-12-9-13-22)26(21-14-16-23(34)17-15-21)27(35)31-25-19(3)10-8-11-20(25)4/h8,10-11,14-18,22,24,26,34H,9,12-13H2,1-7H3,(H,31,35)(H,32,37). The molecule has 1 fully saturated rings. The van der Waals surface area contributed by atoms with Crippen molar-refractivity contribution in [2.75, 3.05) is 5.32 Å². The van der Waals surface area contributed by atoms with E-state index in [-0.39, 0.29) is 29.5 Å². The van der Waals surface area contributed by atoms with Crippen LogP contribution in [0.3, 0.4) is 0 Å². The maximum absolute atomic E-state index is 14.2. The molecule has 8 nitrogen and oxygen atoms in total. The minimum absolute atomic E-state index is 0.0656. The predicted octanol–water partition coefficient (Wildman–Crippen LogP) is 5.62. The van der Waals surface area contributed by atoms with Gasteiger partial charge in [0.1, 0.15) is 23.4 Å². The topological polar surface area (TPSA) is 108 Å². The number of benzene rings is 2. The molecule has 3 N–H and O–H groups in total. The number of aryl methyl sites for hydroxylation is 2. The van der Waals surface area contributed by atoms with E-state index in [0.29, 0.717) is 11.3 Å². The van der Waals surface area contributed by atoms with Gasteiger partial charge in [0.25, 0.3) is 5.91 Å². The van der Waals surface area contributed by atoms with Gasteiger partial charge in [-0.15, -0.1) is 0 Å². The summed E-state index contributed by atoms with van der Waals surface area (Å²) >= 11 is 0. The molecule has 0 heterocycles. The van der Waals surface area contributed by atoms with E-state index in [9.17, 15) is 19.5 Å². The number of phenolic OH excluding ortho intramolecular Hbond substituents is 1. The molecule has 0 aliphatic heterocycles. The van der Waals surface area contributed by atoms with Crippen molar-refractivity contribution in [1.29, 1.82) is 0 Å². The zero-order chi connectivity index (χ0) is 28.2. The Morgan fingerprint density at radius 2 is 1.58 bits per heavy atom. The van der Waals surface area contributed by atoms with Gasteiger partial charge in [-0.2, -0.15) is 0 Å². The van der Waals surface area contributed by atoms with Crippen LogP contribution in [0.15, 0.2) is 42.5 Å². The van der Waals surface area contributed by atoms with E-state index in [4.69, 9.17) is 4.74 Å². The highest BCUT2D eigenvalue weighted by molar-refractivity contribution is 6.00. The van der Waals surface area contributed by atoms with Crippen molar-refractivity contribution >= 4 is 23.6 Å². The van der Waals surface area contributed by atoms with Crippen LogP contribution in [-0.2, 0) is 14.3 Å². The summed E-state index contributed by atoms with van der Waals surface area (Å²) < 4.78 is 5.43. The van der Waals surface area contributed by atoms with Crippen molar-refractivity contribution in [3.63, 3.8) is 0 Å². The number of nitrogens with zero attached hydrogens (tertiary/aromatic N) is 1. The van der Waals surface area contributed by atoms with E-state index in [1.54, 1.807) is 37.8 Å². The Morgan fingerprint density at radius 1 is 1.00 bits per heavy atom. The van der Waals surface area contributed by atoms with Gasteiger partial charge >= 0.3 is 6.09 Å². The Hall–Kier alpha value is -3.55. The molecule has 0 saturated heterocycles. The first-order valence-corrected chi connectivity index (χ1v) is 13.3. The number of anilines is 1. The number of nitrogens with one attached hydrogen (secondary N) is 2. The number of para-hydroxylation sites is 1. The Kier molecular flexibility index (Phi) is 9.07. The van der Waals surface area contributed by atoms with Gasteiger partial charge in [0.2, 0.25) is 5.91 Å². The highest BCUT2D eigenvalue weighted by Crippen LogP contribution is 2.36. The maximum atomic E-state index is 14.2.